The molecule has 0 aliphatic carbocycles. The molecule has 1 atom stereocenters. The number of hydrogen-bond acceptors (Lipinski definition) is 2. The van der Waals surface area contributed by atoms with Gasteiger partial charge in [-0.05, 0) is 36.4 Å². The minimum Gasteiger partial charge on any atom is -0.309 e. The summed E-state index contributed by atoms with van der Waals surface area (Å²) in [6, 6.07) is 8.58. The van der Waals surface area contributed by atoms with Crippen LogP contribution in [0, 0.1) is 0 Å². The number of benzene rings is 1. The summed E-state index contributed by atoms with van der Waals surface area (Å²) in [6.45, 7) is 5.44. The second-order valence-corrected chi connectivity index (χ2v) is 5.48. The van der Waals surface area contributed by atoms with E-state index in [0.717, 1.165) is 29.5 Å². The fourth-order valence-electron chi connectivity index (χ4n) is 1.55. The second kappa shape index (κ2) is 7.99. The first kappa shape index (κ1) is 13.9. The van der Waals surface area contributed by atoms with Gasteiger partial charge >= 0.3 is 0 Å². The zero-order chi connectivity index (χ0) is 11.8. The summed E-state index contributed by atoms with van der Waals surface area (Å²) in [5, 5.41) is 4.39. The van der Waals surface area contributed by atoms with Gasteiger partial charge in [-0.25, -0.2) is 0 Å². The van der Waals surface area contributed by atoms with Crippen molar-refractivity contribution in [3.63, 3.8) is 0 Å². The highest BCUT2D eigenvalue weighted by Crippen LogP contribution is 2.21. The summed E-state index contributed by atoms with van der Waals surface area (Å²) in [5.41, 5.74) is 1.29. The van der Waals surface area contributed by atoms with E-state index in [1.165, 1.54) is 5.56 Å². The van der Waals surface area contributed by atoms with Crippen LogP contribution in [0.1, 0.15) is 31.9 Å². The number of hydrogen-bond donors (Lipinski definition) is 1. The Morgan fingerprint density at radius 2 is 2.19 bits per heavy atom. The topological polar surface area (TPSA) is 12.0 Å². The number of thioether (sulfide) groups is 1. The van der Waals surface area contributed by atoms with Gasteiger partial charge in [-0.3, -0.25) is 0 Å². The van der Waals surface area contributed by atoms with Crippen LogP contribution in [0.25, 0.3) is 0 Å². The Morgan fingerprint density at radius 1 is 1.38 bits per heavy atom. The third kappa shape index (κ3) is 4.77. The molecule has 16 heavy (non-hydrogen) atoms. The van der Waals surface area contributed by atoms with Crippen molar-refractivity contribution in [3.05, 3.63) is 34.9 Å². The fourth-order valence-corrected chi connectivity index (χ4v) is 2.53. The van der Waals surface area contributed by atoms with Gasteiger partial charge in [-0.15, -0.1) is 0 Å². The molecule has 1 rings (SSSR count). The number of rotatable bonds is 7. The lowest BCUT2D eigenvalue weighted by molar-refractivity contribution is 0.577. The molecule has 0 aliphatic rings. The van der Waals surface area contributed by atoms with Crippen LogP contribution in [-0.4, -0.2) is 18.1 Å². The largest absolute Gasteiger partial charge is 0.309 e. The van der Waals surface area contributed by atoms with Crippen LogP contribution in [0.2, 0.25) is 5.02 Å². The van der Waals surface area contributed by atoms with E-state index in [-0.39, 0.29) is 0 Å². The lowest BCUT2D eigenvalue weighted by Crippen LogP contribution is -2.24. The molecule has 0 fully saturated rings. The molecule has 0 saturated heterocycles. The SMILES string of the molecule is CCCNC(CSCC)c1cccc(Cl)c1. The molecule has 0 aromatic heterocycles. The van der Waals surface area contributed by atoms with Crippen LogP contribution >= 0.6 is 23.4 Å². The molecule has 0 radical (unpaired) electrons. The summed E-state index contributed by atoms with van der Waals surface area (Å²) in [5.74, 6) is 2.27. The smallest absolute Gasteiger partial charge is 0.0412 e. The molecule has 90 valence electrons. The maximum atomic E-state index is 6.02. The van der Waals surface area contributed by atoms with Crippen LogP contribution < -0.4 is 5.32 Å². The Morgan fingerprint density at radius 3 is 2.81 bits per heavy atom. The van der Waals surface area contributed by atoms with Crippen molar-refractivity contribution in [2.75, 3.05) is 18.1 Å². The average Bonchev–Trinajstić information content (AvgIpc) is 2.29. The Bertz CT molecular complexity index is 296. The first-order valence-corrected chi connectivity index (χ1v) is 7.37. The molecule has 0 aliphatic heterocycles. The fraction of sp³-hybridized carbons (Fsp3) is 0.538. The van der Waals surface area contributed by atoms with E-state index in [9.17, 15) is 0 Å². The molecule has 0 spiro atoms. The van der Waals surface area contributed by atoms with Gasteiger partial charge in [0.05, 0.1) is 0 Å². The summed E-state index contributed by atoms with van der Waals surface area (Å²) in [4.78, 5) is 0. The van der Waals surface area contributed by atoms with Gasteiger partial charge in [0.1, 0.15) is 0 Å². The van der Waals surface area contributed by atoms with Gasteiger partial charge in [0.2, 0.25) is 0 Å². The molecule has 3 heteroatoms. The van der Waals surface area contributed by atoms with E-state index >= 15 is 0 Å². The molecule has 0 bridgehead atoms. The highest BCUT2D eigenvalue weighted by atomic mass is 35.5. The number of halogens is 1. The van der Waals surface area contributed by atoms with Crippen LogP contribution in [0.15, 0.2) is 24.3 Å². The maximum Gasteiger partial charge on any atom is 0.0412 e. The quantitative estimate of drug-likeness (QED) is 0.788. The van der Waals surface area contributed by atoms with Gasteiger partial charge in [0.15, 0.2) is 0 Å². The van der Waals surface area contributed by atoms with Gasteiger partial charge in [-0.1, -0.05) is 37.6 Å². The molecule has 1 nitrogen and oxygen atoms in total. The molecular weight excluding hydrogens is 238 g/mol. The normalized spacial score (nSPS) is 12.7. The summed E-state index contributed by atoms with van der Waals surface area (Å²) >= 11 is 7.98. The van der Waals surface area contributed by atoms with E-state index in [1.54, 1.807) is 0 Å². The Hall–Kier alpha value is -0.180. The van der Waals surface area contributed by atoms with Crippen LogP contribution in [0.5, 0.6) is 0 Å². The third-order valence-corrected chi connectivity index (χ3v) is 3.59. The molecule has 1 unspecified atom stereocenters. The highest BCUT2D eigenvalue weighted by molar-refractivity contribution is 7.99. The minimum absolute atomic E-state index is 0.420. The standard InChI is InChI=1S/C13H20ClNS/c1-3-8-15-13(10-16-4-2)11-6-5-7-12(14)9-11/h5-7,9,13,15H,3-4,8,10H2,1-2H3. The molecular formula is C13H20ClNS. The molecule has 0 saturated carbocycles. The summed E-state index contributed by atoms with van der Waals surface area (Å²) in [6.07, 6.45) is 1.16. The van der Waals surface area contributed by atoms with Crippen molar-refractivity contribution in [1.82, 2.24) is 5.32 Å². The molecule has 1 aromatic rings. The van der Waals surface area contributed by atoms with Crippen LogP contribution in [0.3, 0.4) is 0 Å². The predicted octanol–water partition coefficient (Wildman–Crippen LogP) is 4.13. The van der Waals surface area contributed by atoms with Crippen LogP contribution in [0.4, 0.5) is 0 Å². The van der Waals surface area contributed by atoms with E-state index in [2.05, 4.69) is 31.3 Å². The molecule has 1 aromatic carbocycles. The first-order valence-electron chi connectivity index (χ1n) is 5.84. The predicted molar refractivity (Wildman–Crippen MR) is 75.5 cm³/mol. The van der Waals surface area contributed by atoms with Crippen molar-refractivity contribution >= 4 is 23.4 Å². The Labute approximate surface area is 108 Å². The van der Waals surface area contributed by atoms with Gasteiger partial charge in [-0.2, -0.15) is 11.8 Å². The second-order valence-electron chi connectivity index (χ2n) is 3.72. The zero-order valence-corrected chi connectivity index (χ0v) is 11.6. The molecule has 0 heterocycles. The Balaban J connectivity index is 2.66. The molecule has 0 amide bonds. The average molecular weight is 258 g/mol. The lowest BCUT2D eigenvalue weighted by atomic mass is 10.1. The summed E-state index contributed by atoms with van der Waals surface area (Å²) in [7, 11) is 0. The number of nitrogens with one attached hydrogen (secondary N) is 1. The van der Waals surface area contributed by atoms with E-state index in [4.69, 9.17) is 11.6 Å². The third-order valence-electron chi connectivity index (χ3n) is 2.38. The zero-order valence-electron chi connectivity index (χ0n) is 10.0. The van der Waals surface area contributed by atoms with Crippen molar-refractivity contribution in [1.29, 1.82) is 0 Å². The van der Waals surface area contributed by atoms with Crippen molar-refractivity contribution < 1.29 is 0 Å². The molecule has 1 N–H and O–H groups in total. The lowest BCUT2D eigenvalue weighted by Gasteiger charge is -2.18. The van der Waals surface area contributed by atoms with Crippen molar-refractivity contribution in [3.8, 4) is 0 Å². The minimum atomic E-state index is 0.420. The van der Waals surface area contributed by atoms with Crippen LogP contribution in [-0.2, 0) is 0 Å². The van der Waals surface area contributed by atoms with E-state index in [0.29, 0.717) is 6.04 Å². The van der Waals surface area contributed by atoms with E-state index < -0.39 is 0 Å². The van der Waals surface area contributed by atoms with Gasteiger partial charge in [0, 0.05) is 16.8 Å². The summed E-state index contributed by atoms with van der Waals surface area (Å²) < 4.78 is 0. The van der Waals surface area contributed by atoms with Gasteiger partial charge < -0.3 is 5.32 Å². The van der Waals surface area contributed by atoms with E-state index in [1.807, 2.05) is 23.9 Å². The van der Waals surface area contributed by atoms with Gasteiger partial charge in [0.25, 0.3) is 0 Å². The maximum absolute atomic E-state index is 6.02. The Kier molecular flexibility index (Phi) is 6.93. The monoisotopic (exact) mass is 257 g/mol. The van der Waals surface area contributed by atoms with Crippen molar-refractivity contribution in [2.45, 2.75) is 26.3 Å². The first-order chi connectivity index (χ1) is 7.77. The highest BCUT2D eigenvalue weighted by Gasteiger charge is 2.10. The van der Waals surface area contributed by atoms with Crippen molar-refractivity contribution in [2.24, 2.45) is 0 Å².